The van der Waals surface area contributed by atoms with Crippen molar-refractivity contribution in [3.63, 3.8) is 0 Å². The van der Waals surface area contributed by atoms with Crippen molar-refractivity contribution in [1.82, 2.24) is 15.3 Å². The van der Waals surface area contributed by atoms with Gasteiger partial charge in [0.05, 0.1) is 11.7 Å². The van der Waals surface area contributed by atoms with E-state index < -0.39 is 11.5 Å². The van der Waals surface area contributed by atoms with Crippen LogP contribution in [0.2, 0.25) is 0 Å². The van der Waals surface area contributed by atoms with Crippen molar-refractivity contribution in [2.75, 3.05) is 7.05 Å². The van der Waals surface area contributed by atoms with Gasteiger partial charge in [-0.3, -0.25) is 15.1 Å². The molecule has 0 aromatic carbocycles. The summed E-state index contributed by atoms with van der Waals surface area (Å²) in [5, 5.41) is 21.8. The average molecular weight is 465 g/mol. The second kappa shape index (κ2) is 14.8. The van der Waals surface area contributed by atoms with Gasteiger partial charge in [0, 0.05) is 32.7 Å². The summed E-state index contributed by atoms with van der Waals surface area (Å²) in [7, 11) is 1.79. The van der Waals surface area contributed by atoms with Crippen molar-refractivity contribution in [2.24, 2.45) is 22.9 Å². The Balaban J connectivity index is 0. The average Bonchev–Trinajstić information content (AvgIpc) is 3.37. The van der Waals surface area contributed by atoms with E-state index in [1.54, 1.807) is 30.4 Å². The molecule has 2 N–H and O–H groups in total. The summed E-state index contributed by atoms with van der Waals surface area (Å²) in [6.45, 7) is 21.9. The number of aromatic nitrogens is 1. The maximum absolute atomic E-state index is 12.2. The summed E-state index contributed by atoms with van der Waals surface area (Å²) in [4.78, 5) is 16.6. The van der Waals surface area contributed by atoms with Gasteiger partial charge in [-0.15, -0.1) is 11.3 Å². The van der Waals surface area contributed by atoms with Gasteiger partial charge in [0.25, 0.3) is 0 Å². The summed E-state index contributed by atoms with van der Waals surface area (Å²) in [6.07, 6.45) is 6.04. The molecule has 1 aliphatic heterocycles. The van der Waals surface area contributed by atoms with Crippen molar-refractivity contribution in [3.8, 4) is 0 Å². The van der Waals surface area contributed by atoms with Gasteiger partial charge in [0.1, 0.15) is 10.5 Å². The third-order valence-electron chi connectivity index (χ3n) is 4.55. The molecule has 1 aliphatic rings. The van der Waals surface area contributed by atoms with E-state index in [0.717, 1.165) is 16.6 Å². The number of rotatable bonds is 8. The minimum Gasteiger partial charge on any atom is -0.480 e. The summed E-state index contributed by atoms with van der Waals surface area (Å²) >= 11 is 1.51. The van der Waals surface area contributed by atoms with Gasteiger partial charge in [-0.05, 0) is 30.8 Å². The third-order valence-corrected chi connectivity index (χ3v) is 5.41. The fourth-order valence-electron chi connectivity index (χ4n) is 3.56. The normalized spacial score (nSPS) is 21.4. The Morgan fingerprint density at radius 3 is 2.47 bits per heavy atom. The molecular formula is C25H44N4O2S. The Bertz CT molecular complexity index is 771. The van der Waals surface area contributed by atoms with Gasteiger partial charge in [0.15, 0.2) is 0 Å². The van der Waals surface area contributed by atoms with Crippen molar-refractivity contribution in [1.29, 1.82) is 0 Å². The lowest BCUT2D eigenvalue weighted by atomic mass is 9.83. The van der Waals surface area contributed by atoms with Crippen LogP contribution >= 0.6 is 11.3 Å². The van der Waals surface area contributed by atoms with Crippen molar-refractivity contribution in [2.45, 2.75) is 72.9 Å². The number of hydrogen-bond acceptors (Lipinski definition) is 6. The minimum atomic E-state index is -1.02. The molecule has 7 heteroatoms. The number of nitrogens with one attached hydrogen (secondary N) is 1. The number of thiazole rings is 1. The fraction of sp³-hybridized carbons (Fsp3) is 0.600. The number of aliphatic carboxylic acids is 1. The number of hydrazone groups is 1. The van der Waals surface area contributed by atoms with Gasteiger partial charge in [0.2, 0.25) is 0 Å². The van der Waals surface area contributed by atoms with E-state index in [9.17, 15) is 9.90 Å². The van der Waals surface area contributed by atoms with Crippen LogP contribution in [0, 0.1) is 17.8 Å². The second-order valence-corrected chi connectivity index (χ2v) is 9.54. The molecular weight excluding hydrogens is 420 g/mol. The van der Waals surface area contributed by atoms with Crippen molar-refractivity contribution in [3.05, 3.63) is 46.7 Å². The van der Waals surface area contributed by atoms with Crippen LogP contribution < -0.4 is 5.32 Å². The summed E-state index contributed by atoms with van der Waals surface area (Å²) in [5.74, 6) is 0.0833. The van der Waals surface area contributed by atoms with Crippen LogP contribution in [0.15, 0.2) is 46.8 Å². The highest BCUT2D eigenvalue weighted by Crippen LogP contribution is 2.45. The molecule has 1 aromatic heterocycles. The number of carboxylic acid groups (broad SMARTS) is 1. The number of carbonyl (C=O) groups is 1. The lowest BCUT2D eigenvalue weighted by Crippen LogP contribution is -2.49. The first kappa shape index (κ1) is 29.8. The topological polar surface area (TPSA) is 77.8 Å². The van der Waals surface area contributed by atoms with Crippen LogP contribution in [-0.2, 0) is 4.79 Å². The van der Waals surface area contributed by atoms with Crippen molar-refractivity contribution >= 4 is 24.0 Å². The smallest absolute Gasteiger partial charge is 0.323 e. The molecule has 0 amide bonds. The van der Waals surface area contributed by atoms with Crippen LogP contribution in [0.4, 0.5) is 0 Å². The molecule has 0 aliphatic carbocycles. The maximum Gasteiger partial charge on any atom is 0.323 e. The van der Waals surface area contributed by atoms with Crippen LogP contribution in [0.5, 0.6) is 0 Å². The predicted molar refractivity (Wildman–Crippen MR) is 139 cm³/mol. The Morgan fingerprint density at radius 1 is 1.47 bits per heavy atom. The monoisotopic (exact) mass is 464 g/mol. The summed E-state index contributed by atoms with van der Waals surface area (Å²) in [5.41, 5.74) is 2.94. The lowest BCUT2D eigenvalue weighted by Gasteiger charge is -2.27. The number of nitrogens with zero attached hydrogens (tertiary/aromatic N) is 3. The molecule has 1 fully saturated rings. The quantitative estimate of drug-likeness (QED) is 0.202. The lowest BCUT2D eigenvalue weighted by molar-refractivity contribution is -0.145. The van der Waals surface area contributed by atoms with E-state index in [4.69, 9.17) is 0 Å². The minimum absolute atomic E-state index is 0. The molecule has 2 heterocycles. The maximum atomic E-state index is 12.2. The Morgan fingerprint density at radius 2 is 2.06 bits per heavy atom. The van der Waals surface area contributed by atoms with Gasteiger partial charge >= 0.3 is 5.97 Å². The van der Waals surface area contributed by atoms with E-state index in [1.165, 1.54) is 11.3 Å². The highest BCUT2D eigenvalue weighted by atomic mass is 32.1. The second-order valence-electron chi connectivity index (χ2n) is 8.62. The van der Waals surface area contributed by atoms with Gasteiger partial charge in [-0.25, -0.2) is 4.98 Å². The molecule has 0 radical (unpaired) electrons. The highest BCUT2D eigenvalue weighted by molar-refractivity contribution is 7.09. The molecule has 3 atom stereocenters. The fourth-order valence-corrected chi connectivity index (χ4v) is 4.32. The molecule has 6 nitrogen and oxygen atoms in total. The van der Waals surface area contributed by atoms with E-state index in [0.29, 0.717) is 12.8 Å². The zero-order chi connectivity index (χ0) is 24.9. The van der Waals surface area contributed by atoms with Crippen LogP contribution in [0.1, 0.15) is 73.8 Å². The van der Waals surface area contributed by atoms with Crippen LogP contribution in [-0.4, -0.2) is 40.4 Å². The summed E-state index contributed by atoms with van der Waals surface area (Å²) in [6, 6.07) is -0.227. The van der Waals surface area contributed by atoms with Gasteiger partial charge < -0.3 is 5.11 Å². The van der Waals surface area contributed by atoms with Gasteiger partial charge in [-0.2, -0.15) is 5.10 Å². The van der Waals surface area contributed by atoms with Gasteiger partial charge in [-0.1, -0.05) is 66.9 Å². The molecule has 0 spiro atoms. The standard InChI is InChI=1S/C19H26N4O2S.C4H10.C2H6.H2/c1-6-7-8-15(23(5)20-4)14-12-19(18(24)25,11-13(2)3)22-16(14)17-21-9-10-26-17;1-4(2)3;1-2;/h6-7,9-10,13-14,16,22H,1,4,11-12H2,2-3,5H3,(H,24,25);4H,1-3H3;1-2H3;1H/t8?,14-,16-,19+;;;/m1.../s1. The molecule has 0 unspecified atom stereocenters. The molecule has 1 aromatic rings. The van der Waals surface area contributed by atoms with E-state index >= 15 is 0 Å². The number of allylic oxidation sites excluding steroid dienone is 1. The van der Waals surface area contributed by atoms with Crippen molar-refractivity contribution < 1.29 is 11.3 Å². The van der Waals surface area contributed by atoms with E-state index in [1.807, 2.05) is 33.1 Å². The summed E-state index contributed by atoms with van der Waals surface area (Å²) < 4.78 is 0. The number of hydrogen-bond donors (Lipinski definition) is 2. The predicted octanol–water partition coefficient (Wildman–Crippen LogP) is 6.37. The zero-order valence-electron chi connectivity index (χ0n) is 21.1. The first-order valence-corrected chi connectivity index (χ1v) is 12.1. The van der Waals surface area contributed by atoms with Crippen LogP contribution in [0.25, 0.3) is 0 Å². The molecule has 32 heavy (non-hydrogen) atoms. The Labute approximate surface area is 200 Å². The SMILES string of the molecule is C=CC=C=C([C@H]1C[C@@](CC(C)C)(C(=O)O)N[C@H]1c1nccs1)N(C)N=C.CC.CC(C)C.[HH]. The molecule has 0 saturated carbocycles. The Hall–Kier alpha value is -2.21. The Kier molecular flexibility index (Phi) is 13.8. The largest absolute Gasteiger partial charge is 0.480 e. The highest BCUT2D eigenvalue weighted by Gasteiger charge is 2.53. The molecule has 182 valence electrons. The van der Waals surface area contributed by atoms with E-state index in [2.05, 4.69) is 55.2 Å². The molecule has 1 saturated heterocycles. The molecule has 2 rings (SSSR count). The first-order valence-electron chi connectivity index (χ1n) is 11.3. The first-order chi connectivity index (χ1) is 15.1. The molecule has 0 bridgehead atoms. The van der Waals surface area contributed by atoms with E-state index in [-0.39, 0.29) is 19.3 Å². The zero-order valence-corrected chi connectivity index (χ0v) is 21.9. The van der Waals surface area contributed by atoms with Crippen LogP contribution in [0.3, 0.4) is 0 Å². The third kappa shape index (κ3) is 8.73. The number of carboxylic acids is 1.